The van der Waals surface area contributed by atoms with Crippen molar-refractivity contribution in [3.63, 3.8) is 0 Å². The van der Waals surface area contributed by atoms with Gasteiger partial charge in [-0.2, -0.15) is 0 Å². The standard InChI is InChI=1S/C24H23N3O2S/c1-4-29-20-11-9-18(10-12-20)23(28)27(15-19-7-5-6-14-25-19)24-26-22-17(3)16(2)8-13-21(22)30-24/h5-14H,4,15H2,1-3H3. The molecule has 1 amide bonds. The van der Waals surface area contributed by atoms with Crippen LogP contribution in [-0.4, -0.2) is 22.5 Å². The van der Waals surface area contributed by atoms with Gasteiger partial charge in [-0.15, -0.1) is 0 Å². The number of amides is 1. The monoisotopic (exact) mass is 417 g/mol. The summed E-state index contributed by atoms with van der Waals surface area (Å²) >= 11 is 1.52. The lowest BCUT2D eigenvalue weighted by Gasteiger charge is -2.19. The Labute approximate surface area is 180 Å². The topological polar surface area (TPSA) is 55.3 Å². The van der Waals surface area contributed by atoms with Crippen molar-refractivity contribution in [2.75, 3.05) is 11.5 Å². The van der Waals surface area contributed by atoms with E-state index < -0.39 is 0 Å². The van der Waals surface area contributed by atoms with Crippen LogP contribution >= 0.6 is 11.3 Å². The SMILES string of the molecule is CCOc1ccc(C(=O)N(Cc2ccccn2)c2nc3c(C)c(C)ccc3s2)cc1. The molecule has 0 saturated heterocycles. The van der Waals surface area contributed by atoms with Crippen LogP contribution in [0, 0.1) is 13.8 Å². The lowest BCUT2D eigenvalue weighted by molar-refractivity contribution is 0.0985. The molecule has 5 nitrogen and oxygen atoms in total. The van der Waals surface area contributed by atoms with Crippen LogP contribution in [0.4, 0.5) is 5.13 Å². The molecule has 2 aromatic carbocycles. The van der Waals surface area contributed by atoms with Gasteiger partial charge >= 0.3 is 0 Å². The Kier molecular flexibility index (Phi) is 5.77. The minimum Gasteiger partial charge on any atom is -0.494 e. The number of benzene rings is 2. The van der Waals surface area contributed by atoms with E-state index in [-0.39, 0.29) is 5.91 Å². The van der Waals surface area contributed by atoms with Gasteiger partial charge in [-0.05, 0) is 74.4 Å². The molecule has 0 unspecified atom stereocenters. The maximum atomic E-state index is 13.5. The number of ether oxygens (including phenoxy) is 1. The Balaban J connectivity index is 1.74. The van der Waals surface area contributed by atoms with Gasteiger partial charge in [0.2, 0.25) is 0 Å². The Morgan fingerprint density at radius 1 is 1.07 bits per heavy atom. The van der Waals surface area contributed by atoms with E-state index in [2.05, 4.69) is 31.0 Å². The second kappa shape index (κ2) is 8.63. The predicted molar refractivity (Wildman–Crippen MR) is 121 cm³/mol. The summed E-state index contributed by atoms with van der Waals surface area (Å²) in [7, 11) is 0. The Morgan fingerprint density at radius 2 is 1.87 bits per heavy atom. The number of pyridine rings is 1. The van der Waals surface area contributed by atoms with Gasteiger partial charge in [0.1, 0.15) is 5.75 Å². The van der Waals surface area contributed by atoms with E-state index in [4.69, 9.17) is 9.72 Å². The van der Waals surface area contributed by atoms with Crippen LogP contribution in [0.15, 0.2) is 60.8 Å². The normalized spacial score (nSPS) is 10.9. The zero-order valence-electron chi connectivity index (χ0n) is 17.3. The average Bonchev–Trinajstić information content (AvgIpc) is 3.20. The van der Waals surface area contributed by atoms with Crippen molar-refractivity contribution in [2.24, 2.45) is 0 Å². The van der Waals surface area contributed by atoms with Gasteiger partial charge in [-0.3, -0.25) is 14.7 Å². The number of aromatic nitrogens is 2. The number of hydrogen-bond donors (Lipinski definition) is 0. The fraction of sp³-hybridized carbons (Fsp3) is 0.208. The number of aryl methyl sites for hydroxylation is 2. The summed E-state index contributed by atoms with van der Waals surface area (Å²) < 4.78 is 6.57. The van der Waals surface area contributed by atoms with E-state index in [0.717, 1.165) is 27.2 Å². The molecule has 4 rings (SSSR count). The predicted octanol–water partition coefficient (Wildman–Crippen LogP) is 5.55. The number of carbonyl (C=O) groups excluding carboxylic acids is 1. The maximum Gasteiger partial charge on any atom is 0.260 e. The van der Waals surface area contributed by atoms with E-state index in [1.54, 1.807) is 23.2 Å². The molecule has 2 heterocycles. The summed E-state index contributed by atoms with van der Waals surface area (Å²) in [5.74, 6) is 0.633. The summed E-state index contributed by atoms with van der Waals surface area (Å²) in [6.07, 6.45) is 1.74. The molecule has 0 radical (unpaired) electrons. The molecule has 152 valence electrons. The van der Waals surface area contributed by atoms with Gasteiger partial charge in [-0.25, -0.2) is 4.98 Å². The highest BCUT2D eigenvalue weighted by Gasteiger charge is 2.23. The van der Waals surface area contributed by atoms with Gasteiger partial charge in [0.25, 0.3) is 5.91 Å². The van der Waals surface area contributed by atoms with E-state index in [0.29, 0.717) is 23.8 Å². The van der Waals surface area contributed by atoms with Crippen molar-refractivity contribution < 1.29 is 9.53 Å². The Bertz CT molecular complexity index is 1170. The molecule has 2 aromatic heterocycles. The molecule has 0 bridgehead atoms. The lowest BCUT2D eigenvalue weighted by Crippen LogP contribution is -2.30. The molecular weight excluding hydrogens is 394 g/mol. The minimum atomic E-state index is -0.114. The quantitative estimate of drug-likeness (QED) is 0.412. The summed E-state index contributed by atoms with van der Waals surface area (Å²) in [5, 5.41) is 0.670. The molecule has 0 aliphatic rings. The zero-order chi connectivity index (χ0) is 21.1. The third-order valence-corrected chi connectivity index (χ3v) is 6.05. The van der Waals surface area contributed by atoms with Crippen LogP contribution in [0.25, 0.3) is 10.2 Å². The molecule has 4 aromatic rings. The highest BCUT2D eigenvalue weighted by Crippen LogP contribution is 2.33. The summed E-state index contributed by atoms with van der Waals surface area (Å²) in [6.45, 7) is 7.02. The van der Waals surface area contributed by atoms with Crippen molar-refractivity contribution in [1.29, 1.82) is 0 Å². The van der Waals surface area contributed by atoms with Crippen molar-refractivity contribution in [1.82, 2.24) is 9.97 Å². The van der Waals surface area contributed by atoms with E-state index in [1.807, 2.05) is 37.3 Å². The number of rotatable bonds is 6. The third-order valence-electron chi connectivity index (χ3n) is 5.01. The molecule has 0 spiro atoms. The van der Waals surface area contributed by atoms with Crippen molar-refractivity contribution in [2.45, 2.75) is 27.3 Å². The zero-order valence-corrected chi connectivity index (χ0v) is 18.1. The first-order valence-electron chi connectivity index (χ1n) is 9.88. The second-order valence-electron chi connectivity index (χ2n) is 7.02. The number of nitrogens with zero attached hydrogens (tertiary/aromatic N) is 3. The van der Waals surface area contributed by atoms with Crippen LogP contribution in [0.2, 0.25) is 0 Å². The van der Waals surface area contributed by atoms with Gasteiger partial charge in [-0.1, -0.05) is 23.5 Å². The Morgan fingerprint density at radius 3 is 2.57 bits per heavy atom. The molecular formula is C24H23N3O2S. The van der Waals surface area contributed by atoms with Crippen molar-refractivity contribution in [3.8, 4) is 5.75 Å². The highest BCUT2D eigenvalue weighted by molar-refractivity contribution is 7.22. The molecule has 0 aliphatic heterocycles. The summed E-state index contributed by atoms with van der Waals surface area (Å²) in [4.78, 5) is 24.4. The number of anilines is 1. The van der Waals surface area contributed by atoms with Crippen LogP contribution in [-0.2, 0) is 6.54 Å². The van der Waals surface area contributed by atoms with E-state index >= 15 is 0 Å². The third kappa shape index (κ3) is 4.04. The number of hydrogen-bond acceptors (Lipinski definition) is 5. The average molecular weight is 418 g/mol. The summed E-state index contributed by atoms with van der Waals surface area (Å²) in [5.41, 5.74) is 4.67. The van der Waals surface area contributed by atoms with Gasteiger partial charge in [0.05, 0.1) is 29.1 Å². The second-order valence-corrected chi connectivity index (χ2v) is 8.03. The summed E-state index contributed by atoms with van der Waals surface area (Å²) in [6, 6.07) is 17.1. The van der Waals surface area contributed by atoms with Crippen molar-refractivity contribution >= 4 is 32.6 Å². The van der Waals surface area contributed by atoms with Crippen LogP contribution in [0.1, 0.15) is 34.1 Å². The number of fused-ring (bicyclic) bond motifs is 1. The lowest BCUT2D eigenvalue weighted by atomic mass is 10.1. The van der Waals surface area contributed by atoms with Crippen LogP contribution < -0.4 is 9.64 Å². The molecule has 30 heavy (non-hydrogen) atoms. The first kappa shape index (κ1) is 20.0. The fourth-order valence-electron chi connectivity index (χ4n) is 3.23. The first-order valence-corrected chi connectivity index (χ1v) is 10.7. The Hall–Kier alpha value is -3.25. The number of carbonyl (C=O) groups is 1. The van der Waals surface area contributed by atoms with Gasteiger partial charge < -0.3 is 4.74 Å². The van der Waals surface area contributed by atoms with Gasteiger partial charge in [0.15, 0.2) is 5.13 Å². The largest absolute Gasteiger partial charge is 0.494 e. The maximum absolute atomic E-state index is 13.5. The molecule has 0 aliphatic carbocycles. The fourth-order valence-corrected chi connectivity index (χ4v) is 4.25. The van der Waals surface area contributed by atoms with Gasteiger partial charge in [0, 0.05) is 11.8 Å². The highest BCUT2D eigenvalue weighted by atomic mass is 32.1. The van der Waals surface area contributed by atoms with Crippen LogP contribution in [0.5, 0.6) is 5.75 Å². The molecule has 0 saturated carbocycles. The molecule has 6 heteroatoms. The van der Waals surface area contributed by atoms with Crippen LogP contribution in [0.3, 0.4) is 0 Å². The first-order chi connectivity index (χ1) is 14.6. The van der Waals surface area contributed by atoms with E-state index in [1.165, 1.54) is 16.9 Å². The number of thiazole rings is 1. The smallest absolute Gasteiger partial charge is 0.260 e. The van der Waals surface area contributed by atoms with E-state index in [9.17, 15) is 4.79 Å². The van der Waals surface area contributed by atoms with Crippen molar-refractivity contribution in [3.05, 3.63) is 83.2 Å². The molecule has 0 fully saturated rings. The molecule has 0 atom stereocenters. The molecule has 0 N–H and O–H groups in total. The minimum absolute atomic E-state index is 0.114.